The van der Waals surface area contributed by atoms with E-state index >= 15 is 0 Å². The number of ether oxygens (including phenoxy) is 2. The Morgan fingerprint density at radius 1 is 0.625 bits per heavy atom. The summed E-state index contributed by atoms with van der Waals surface area (Å²) in [6, 6.07) is 9.15. The molecular formula is C22H37O2. The molecule has 0 atom stereocenters. The summed E-state index contributed by atoms with van der Waals surface area (Å²) >= 11 is 0. The van der Waals surface area contributed by atoms with E-state index in [4.69, 9.17) is 9.47 Å². The van der Waals surface area contributed by atoms with Gasteiger partial charge in [-0.3, -0.25) is 0 Å². The van der Waals surface area contributed by atoms with Crippen LogP contribution in [0.4, 0.5) is 0 Å². The minimum absolute atomic E-state index is 0.781. The van der Waals surface area contributed by atoms with Crippen molar-refractivity contribution in [1.29, 1.82) is 0 Å². The largest absolute Gasteiger partial charge is 0.493 e. The van der Waals surface area contributed by atoms with Crippen molar-refractivity contribution in [3.63, 3.8) is 0 Å². The van der Waals surface area contributed by atoms with E-state index in [0.717, 1.165) is 37.6 Å². The maximum atomic E-state index is 5.79. The lowest BCUT2D eigenvalue weighted by atomic mass is 10.1. The first-order valence-electron chi connectivity index (χ1n) is 10.1. The highest BCUT2D eigenvalue weighted by atomic mass is 16.5. The summed E-state index contributed by atoms with van der Waals surface area (Å²) in [5.74, 6) is 1.62. The molecule has 0 N–H and O–H groups in total. The van der Waals surface area contributed by atoms with Gasteiger partial charge in [0.25, 0.3) is 0 Å². The summed E-state index contributed by atoms with van der Waals surface area (Å²) in [5, 5.41) is 0. The lowest BCUT2D eigenvalue weighted by molar-refractivity contribution is 0.288. The minimum atomic E-state index is 0.781. The Labute approximate surface area is 149 Å². The Balaban J connectivity index is 2.08. The highest BCUT2D eigenvalue weighted by Crippen LogP contribution is 2.19. The van der Waals surface area contributed by atoms with Gasteiger partial charge in [-0.25, -0.2) is 0 Å². The van der Waals surface area contributed by atoms with Gasteiger partial charge in [-0.1, -0.05) is 84.1 Å². The second kappa shape index (κ2) is 15.4. The van der Waals surface area contributed by atoms with Crippen molar-refractivity contribution in [2.75, 3.05) is 13.2 Å². The molecule has 0 aliphatic rings. The van der Waals surface area contributed by atoms with Crippen LogP contribution >= 0.6 is 0 Å². The normalized spacial score (nSPS) is 10.8. The van der Waals surface area contributed by atoms with Crippen LogP contribution in [-0.4, -0.2) is 13.2 Å². The van der Waals surface area contributed by atoms with Crippen LogP contribution in [0, 0.1) is 6.07 Å². The third-order valence-corrected chi connectivity index (χ3v) is 4.25. The van der Waals surface area contributed by atoms with E-state index in [1.165, 1.54) is 64.2 Å². The van der Waals surface area contributed by atoms with Gasteiger partial charge < -0.3 is 9.47 Å². The molecule has 0 fully saturated rings. The second-order valence-corrected chi connectivity index (χ2v) is 6.61. The van der Waals surface area contributed by atoms with E-state index in [2.05, 4.69) is 19.9 Å². The van der Waals surface area contributed by atoms with Crippen molar-refractivity contribution < 1.29 is 9.47 Å². The summed E-state index contributed by atoms with van der Waals surface area (Å²) in [6.07, 6.45) is 15.4. The van der Waals surface area contributed by atoms with Crippen LogP contribution in [0.3, 0.4) is 0 Å². The molecule has 0 aliphatic carbocycles. The van der Waals surface area contributed by atoms with Crippen LogP contribution < -0.4 is 9.47 Å². The number of unbranched alkanes of at least 4 members (excludes halogenated alkanes) is 10. The molecule has 24 heavy (non-hydrogen) atoms. The fourth-order valence-corrected chi connectivity index (χ4v) is 2.73. The fourth-order valence-electron chi connectivity index (χ4n) is 2.73. The van der Waals surface area contributed by atoms with Crippen molar-refractivity contribution >= 4 is 0 Å². The second-order valence-electron chi connectivity index (χ2n) is 6.61. The van der Waals surface area contributed by atoms with E-state index in [0.29, 0.717) is 0 Å². The van der Waals surface area contributed by atoms with Crippen LogP contribution in [0.15, 0.2) is 18.2 Å². The zero-order valence-electron chi connectivity index (χ0n) is 15.9. The minimum Gasteiger partial charge on any atom is -0.493 e. The quantitative estimate of drug-likeness (QED) is 0.304. The highest BCUT2D eigenvalue weighted by molar-refractivity contribution is 5.31. The third kappa shape index (κ3) is 11.4. The predicted molar refractivity (Wildman–Crippen MR) is 103 cm³/mol. The van der Waals surface area contributed by atoms with E-state index in [1.54, 1.807) is 0 Å². The van der Waals surface area contributed by atoms with Crippen molar-refractivity contribution in [1.82, 2.24) is 0 Å². The lowest BCUT2D eigenvalue weighted by Crippen LogP contribution is -2.00. The van der Waals surface area contributed by atoms with Gasteiger partial charge in [-0.05, 0) is 25.0 Å². The Bertz CT molecular complexity index is 356. The molecule has 2 nitrogen and oxygen atoms in total. The molecule has 1 aromatic rings. The first-order valence-corrected chi connectivity index (χ1v) is 10.1. The third-order valence-electron chi connectivity index (χ3n) is 4.25. The molecule has 1 aromatic carbocycles. The monoisotopic (exact) mass is 333 g/mol. The summed E-state index contributed by atoms with van der Waals surface area (Å²) in [4.78, 5) is 0. The average Bonchev–Trinajstić information content (AvgIpc) is 2.60. The molecular weight excluding hydrogens is 296 g/mol. The van der Waals surface area contributed by atoms with Gasteiger partial charge in [-0.15, -0.1) is 0 Å². The maximum Gasteiger partial charge on any atom is 0.131 e. The summed E-state index contributed by atoms with van der Waals surface area (Å²) in [7, 11) is 0. The maximum absolute atomic E-state index is 5.79. The smallest absolute Gasteiger partial charge is 0.131 e. The van der Waals surface area contributed by atoms with Gasteiger partial charge in [0.2, 0.25) is 0 Å². The molecule has 2 heteroatoms. The van der Waals surface area contributed by atoms with Gasteiger partial charge in [0.15, 0.2) is 0 Å². The van der Waals surface area contributed by atoms with E-state index in [1.807, 2.05) is 18.2 Å². The fraction of sp³-hybridized carbons (Fsp3) is 0.727. The van der Waals surface area contributed by atoms with E-state index in [-0.39, 0.29) is 0 Å². The van der Waals surface area contributed by atoms with E-state index in [9.17, 15) is 0 Å². The van der Waals surface area contributed by atoms with Crippen molar-refractivity contribution in [2.45, 2.75) is 90.9 Å². The number of hydrogen-bond donors (Lipinski definition) is 0. The lowest BCUT2D eigenvalue weighted by Gasteiger charge is -2.09. The SMILES string of the molecule is CCCCCCCCOc1[c]c(OCCCCCCCC)ccc1. The topological polar surface area (TPSA) is 18.5 Å². The van der Waals surface area contributed by atoms with Crippen LogP contribution in [0.25, 0.3) is 0 Å². The Hall–Kier alpha value is -1.18. The predicted octanol–water partition coefficient (Wildman–Crippen LogP) is 6.97. The van der Waals surface area contributed by atoms with Crippen LogP contribution in [0.5, 0.6) is 11.5 Å². The first kappa shape index (κ1) is 20.9. The standard InChI is InChI=1S/C22H37O2/c1-3-5-7-9-11-13-18-23-21-16-15-17-22(20-21)24-19-14-12-10-8-6-4-2/h15-17H,3-14,18-19H2,1-2H3. The summed E-state index contributed by atoms with van der Waals surface area (Å²) < 4.78 is 11.6. The zero-order chi connectivity index (χ0) is 17.3. The first-order chi connectivity index (χ1) is 11.9. The van der Waals surface area contributed by atoms with Crippen LogP contribution in [-0.2, 0) is 0 Å². The van der Waals surface area contributed by atoms with Gasteiger partial charge in [0.1, 0.15) is 11.5 Å². The number of rotatable bonds is 16. The Morgan fingerprint density at radius 2 is 1.04 bits per heavy atom. The Morgan fingerprint density at radius 3 is 1.50 bits per heavy atom. The van der Waals surface area contributed by atoms with Crippen molar-refractivity contribution in [2.24, 2.45) is 0 Å². The molecule has 0 aliphatic heterocycles. The van der Waals surface area contributed by atoms with Crippen LogP contribution in [0.2, 0.25) is 0 Å². The summed E-state index contributed by atoms with van der Waals surface area (Å²) in [5.41, 5.74) is 0. The van der Waals surface area contributed by atoms with Gasteiger partial charge in [0.05, 0.1) is 19.3 Å². The molecule has 0 heterocycles. The molecule has 0 aromatic heterocycles. The number of benzene rings is 1. The van der Waals surface area contributed by atoms with Crippen molar-refractivity contribution in [3.05, 3.63) is 24.3 Å². The molecule has 0 saturated heterocycles. The molecule has 1 radical (unpaired) electrons. The van der Waals surface area contributed by atoms with Crippen molar-refractivity contribution in [3.8, 4) is 11.5 Å². The molecule has 0 spiro atoms. The van der Waals surface area contributed by atoms with Crippen LogP contribution in [0.1, 0.15) is 90.9 Å². The molecule has 137 valence electrons. The van der Waals surface area contributed by atoms with E-state index < -0.39 is 0 Å². The average molecular weight is 334 g/mol. The molecule has 0 amide bonds. The zero-order valence-corrected chi connectivity index (χ0v) is 15.9. The van der Waals surface area contributed by atoms with Gasteiger partial charge >= 0.3 is 0 Å². The molecule has 1 rings (SSSR count). The molecule has 0 bridgehead atoms. The highest BCUT2D eigenvalue weighted by Gasteiger charge is 2.00. The Kier molecular flexibility index (Phi) is 13.3. The number of hydrogen-bond acceptors (Lipinski definition) is 2. The molecule has 0 saturated carbocycles. The van der Waals surface area contributed by atoms with Gasteiger partial charge in [0, 0.05) is 0 Å². The molecule has 0 unspecified atom stereocenters. The summed E-state index contributed by atoms with van der Waals surface area (Å²) in [6.45, 7) is 6.06. The van der Waals surface area contributed by atoms with Gasteiger partial charge in [-0.2, -0.15) is 0 Å².